The third-order valence-corrected chi connectivity index (χ3v) is 7.12. The van der Waals surface area contributed by atoms with Gasteiger partial charge in [0.25, 0.3) is 5.91 Å². The summed E-state index contributed by atoms with van der Waals surface area (Å²) in [4.78, 5) is 26.1. The summed E-state index contributed by atoms with van der Waals surface area (Å²) in [6.07, 6.45) is 7.34. The van der Waals surface area contributed by atoms with Crippen molar-refractivity contribution in [2.45, 2.75) is 23.1 Å². The molecule has 0 spiro atoms. The number of amides is 1. The summed E-state index contributed by atoms with van der Waals surface area (Å²) in [6, 6.07) is 11.6. The molecule has 1 amide bonds. The van der Waals surface area contributed by atoms with E-state index in [2.05, 4.69) is 27.2 Å². The number of benzene rings is 1. The fourth-order valence-electron chi connectivity index (χ4n) is 3.95. The van der Waals surface area contributed by atoms with Crippen LogP contribution in [0.5, 0.6) is 0 Å². The fraction of sp³-hybridized carbons (Fsp3) is 0.320. The number of carbonyl (C=O) groups is 1. The number of nitrogens with two attached hydrogens (primary N) is 1. The molecule has 0 atom stereocenters. The van der Waals surface area contributed by atoms with Gasteiger partial charge in [-0.25, -0.2) is 9.97 Å². The molecule has 1 saturated heterocycles. The van der Waals surface area contributed by atoms with Crippen molar-refractivity contribution < 1.29 is 4.79 Å². The zero-order valence-corrected chi connectivity index (χ0v) is 20.1. The lowest BCUT2D eigenvalue weighted by Crippen LogP contribution is -2.31. The Labute approximate surface area is 199 Å². The van der Waals surface area contributed by atoms with Crippen LogP contribution in [0.15, 0.2) is 60.0 Å². The van der Waals surface area contributed by atoms with E-state index in [1.54, 1.807) is 36.4 Å². The largest absolute Gasteiger partial charge is 0.403 e. The zero-order valence-electron chi connectivity index (χ0n) is 19.3. The lowest BCUT2D eigenvalue weighted by Gasteiger charge is -2.28. The van der Waals surface area contributed by atoms with Gasteiger partial charge in [-0.3, -0.25) is 4.79 Å². The Balaban J connectivity index is 1.49. The van der Waals surface area contributed by atoms with Gasteiger partial charge in [-0.05, 0) is 68.2 Å². The molecule has 2 aromatic heterocycles. The normalized spacial score (nSPS) is 15.5. The van der Waals surface area contributed by atoms with Gasteiger partial charge in [-0.2, -0.15) is 0 Å². The van der Waals surface area contributed by atoms with Crippen LogP contribution in [-0.2, 0) is 0 Å². The number of hydrogen-bond donors (Lipinski definition) is 2. The SMILES string of the molecule is CN1CCC(Sc2cc(C(=O)Nc3cc4cc(/C(=C/N)N(C)C)ccc4cn3)ccn2)CC1. The summed E-state index contributed by atoms with van der Waals surface area (Å²) in [5.74, 6) is 0.315. The van der Waals surface area contributed by atoms with Crippen LogP contribution in [0, 0.1) is 0 Å². The van der Waals surface area contributed by atoms with E-state index < -0.39 is 0 Å². The number of fused-ring (bicyclic) bond motifs is 1. The second-order valence-corrected chi connectivity index (χ2v) is 9.86. The van der Waals surface area contributed by atoms with Gasteiger partial charge >= 0.3 is 0 Å². The molecule has 0 unspecified atom stereocenters. The number of thioether (sulfide) groups is 1. The van der Waals surface area contributed by atoms with Crippen LogP contribution in [-0.4, -0.2) is 65.2 Å². The lowest BCUT2D eigenvalue weighted by molar-refractivity contribution is 0.102. The van der Waals surface area contributed by atoms with Crippen LogP contribution in [0.25, 0.3) is 16.5 Å². The Kier molecular flexibility index (Phi) is 7.15. The highest BCUT2D eigenvalue weighted by atomic mass is 32.2. The first-order chi connectivity index (χ1) is 15.9. The van der Waals surface area contributed by atoms with Crippen LogP contribution in [0.3, 0.4) is 0 Å². The molecule has 8 heteroatoms. The quantitative estimate of drug-likeness (QED) is 0.575. The van der Waals surface area contributed by atoms with Gasteiger partial charge in [0.2, 0.25) is 0 Å². The number of pyridine rings is 2. The Morgan fingerprint density at radius 3 is 2.64 bits per heavy atom. The first kappa shape index (κ1) is 23.1. The maximum absolute atomic E-state index is 12.9. The van der Waals surface area contributed by atoms with Crippen molar-refractivity contribution in [1.29, 1.82) is 0 Å². The molecular formula is C25H30N6OS. The van der Waals surface area contributed by atoms with E-state index in [0.29, 0.717) is 16.6 Å². The van der Waals surface area contributed by atoms with Crippen LogP contribution < -0.4 is 11.1 Å². The highest BCUT2D eigenvalue weighted by Gasteiger charge is 2.19. The van der Waals surface area contributed by atoms with Gasteiger partial charge in [0.05, 0.1) is 10.7 Å². The monoisotopic (exact) mass is 462 g/mol. The summed E-state index contributed by atoms with van der Waals surface area (Å²) in [6.45, 7) is 2.20. The van der Waals surface area contributed by atoms with E-state index in [-0.39, 0.29) is 5.91 Å². The van der Waals surface area contributed by atoms with E-state index in [9.17, 15) is 4.79 Å². The number of anilines is 1. The number of nitrogens with one attached hydrogen (secondary N) is 1. The number of carbonyl (C=O) groups excluding carboxylic acids is 1. The molecule has 0 bridgehead atoms. The lowest BCUT2D eigenvalue weighted by atomic mass is 10.1. The molecule has 3 heterocycles. The van der Waals surface area contributed by atoms with Crippen LogP contribution in [0.1, 0.15) is 28.8 Å². The van der Waals surface area contributed by atoms with Crippen molar-refractivity contribution in [2.75, 3.05) is 39.5 Å². The molecule has 172 valence electrons. The third kappa shape index (κ3) is 5.64. The van der Waals surface area contributed by atoms with Gasteiger partial charge in [-0.1, -0.05) is 12.1 Å². The smallest absolute Gasteiger partial charge is 0.256 e. The number of nitrogens with zero attached hydrogens (tertiary/aromatic N) is 4. The predicted molar refractivity (Wildman–Crippen MR) is 136 cm³/mol. The van der Waals surface area contributed by atoms with Crippen molar-refractivity contribution in [3.63, 3.8) is 0 Å². The van der Waals surface area contributed by atoms with Gasteiger partial charge in [-0.15, -0.1) is 11.8 Å². The van der Waals surface area contributed by atoms with Crippen LogP contribution >= 0.6 is 11.8 Å². The van der Waals surface area contributed by atoms with Gasteiger partial charge < -0.3 is 20.9 Å². The van der Waals surface area contributed by atoms with E-state index in [4.69, 9.17) is 5.73 Å². The molecule has 4 rings (SSSR count). The minimum absolute atomic E-state index is 0.193. The minimum atomic E-state index is -0.193. The summed E-state index contributed by atoms with van der Waals surface area (Å²) in [5, 5.41) is 6.33. The van der Waals surface area contributed by atoms with Crippen molar-refractivity contribution in [1.82, 2.24) is 19.8 Å². The molecule has 3 aromatic rings. The number of likely N-dealkylation sites (tertiary alicyclic amines) is 1. The standard InChI is InChI=1S/C25H30N6OS/c1-30(2)22(15-26)17-4-5-19-16-28-23(13-20(19)12-17)29-25(32)18-6-9-27-24(14-18)33-21-7-10-31(3)11-8-21/h4-6,9,12-16,21H,7-8,10-11,26H2,1-3H3,(H,28,29,32)/b22-15-. The highest BCUT2D eigenvalue weighted by molar-refractivity contribution is 7.99. The molecule has 33 heavy (non-hydrogen) atoms. The minimum Gasteiger partial charge on any atom is -0.403 e. The second-order valence-electron chi connectivity index (χ2n) is 8.54. The van der Waals surface area contributed by atoms with Gasteiger partial charge in [0, 0.05) is 48.9 Å². The Morgan fingerprint density at radius 2 is 1.91 bits per heavy atom. The predicted octanol–water partition coefficient (Wildman–Crippen LogP) is 3.89. The molecule has 1 aromatic carbocycles. The van der Waals surface area contributed by atoms with E-state index in [0.717, 1.165) is 53.0 Å². The maximum Gasteiger partial charge on any atom is 0.256 e. The molecule has 3 N–H and O–H groups in total. The summed E-state index contributed by atoms with van der Waals surface area (Å²) < 4.78 is 0. The van der Waals surface area contributed by atoms with Crippen molar-refractivity contribution >= 4 is 40.0 Å². The number of hydrogen-bond acceptors (Lipinski definition) is 7. The van der Waals surface area contributed by atoms with E-state index in [1.807, 2.05) is 49.3 Å². The van der Waals surface area contributed by atoms with Crippen molar-refractivity contribution in [2.24, 2.45) is 5.73 Å². The highest BCUT2D eigenvalue weighted by Crippen LogP contribution is 2.29. The average Bonchev–Trinajstić information content (AvgIpc) is 2.81. The number of aromatic nitrogens is 2. The van der Waals surface area contributed by atoms with Gasteiger partial charge in [0.15, 0.2) is 0 Å². The Hall–Kier alpha value is -3.10. The van der Waals surface area contributed by atoms with E-state index in [1.165, 1.54) is 0 Å². The maximum atomic E-state index is 12.9. The molecule has 0 radical (unpaired) electrons. The molecule has 7 nitrogen and oxygen atoms in total. The van der Waals surface area contributed by atoms with Crippen LogP contribution in [0.4, 0.5) is 5.82 Å². The zero-order chi connectivity index (χ0) is 23.4. The van der Waals surface area contributed by atoms with E-state index >= 15 is 0 Å². The topological polar surface area (TPSA) is 87.4 Å². The summed E-state index contributed by atoms with van der Waals surface area (Å²) in [5.41, 5.74) is 8.31. The molecule has 0 saturated carbocycles. The van der Waals surface area contributed by atoms with Crippen molar-refractivity contribution in [3.05, 3.63) is 66.1 Å². The Morgan fingerprint density at radius 1 is 1.12 bits per heavy atom. The summed E-state index contributed by atoms with van der Waals surface area (Å²) >= 11 is 1.76. The fourth-order valence-corrected chi connectivity index (χ4v) is 5.05. The Bertz CT molecular complexity index is 1170. The van der Waals surface area contributed by atoms with Crippen LogP contribution in [0.2, 0.25) is 0 Å². The van der Waals surface area contributed by atoms with Crippen molar-refractivity contribution in [3.8, 4) is 0 Å². The number of piperidine rings is 1. The van der Waals surface area contributed by atoms with Gasteiger partial charge in [0.1, 0.15) is 5.82 Å². The molecule has 1 fully saturated rings. The molecule has 0 aliphatic carbocycles. The average molecular weight is 463 g/mol. The first-order valence-electron chi connectivity index (χ1n) is 11.0. The molecular weight excluding hydrogens is 432 g/mol. The number of rotatable bonds is 6. The first-order valence-corrected chi connectivity index (χ1v) is 11.9. The third-order valence-electron chi connectivity index (χ3n) is 5.85. The molecule has 1 aliphatic heterocycles. The summed E-state index contributed by atoms with van der Waals surface area (Å²) in [7, 11) is 6.06. The molecule has 1 aliphatic rings. The second kappa shape index (κ2) is 10.2.